The van der Waals surface area contributed by atoms with Gasteiger partial charge < -0.3 is 15.4 Å². The maximum absolute atomic E-state index is 5.13. The lowest BCUT2D eigenvalue weighted by Gasteiger charge is -2.17. The van der Waals surface area contributed by atoms with Gasteiger partial charge in [0.2, 0.25) is 5.95 Å². The van der Waals surface area contributed by atoms with Crippen LogP contribution in [0.25, 0.3) is 0 Å². The molecular weight excluding hydrogens is 272 g/mol. The molecule has 0 saturated carbocycles. The molecule has 0 saturated heterocycles. The van der Waals surface area contributed by atoms with Crippen LogP contribution < -0.4 is 10.6 Å². The molecule has 0 radical (unpaired) electrons. The van der Waals surface area contributed by atoms with Crippen LogP contribution in [-0.4, -0.2) is 36.8 Å². The van der Waals surface area contributed by atoms with Crippen LogP contribution in [0.3, 0.4) is 0 Å². The molecule has 0 fully saturated rings. The number of nitrogens with zero attached hydrogens (tertiary/aromatic N) is 2. The first-order chi connectivity index (χ1) is 7.71. The zero-order valence-corrected chi connectivity index (χ0v) is 11.3. The summed E-state index contributed by atoms with van der Waals surface area (Å²) in [4.78, 5) is 8.42. The van der Waals surface area contributed by atoms with Gasteiger partial charge >= 0.3 is 0 Å². The number of anilines is 2. The van der Waals surface area contributed by atoms with E-state index in [4.69, 9.17) is 4.74 Å². The van der Waals surface area contributed by atoms with E-state index in [2.05, 4.69) is 43.5 Å². The fourth-order valence-electron chi connectivity index (χ4n) is 1.24. The Morgan fingerprint density at radius 3 is 2.88 bits per heavy atom. The maximum Gasteiger partial charge on any atom is 0.224 e. The molecule has 2 N–H and O–H groups in total. The minimum absolute atomic E-state index is 0.251. The van der Waals surface area contributed by atoms with Crippen molar-refractivity contribution in [3.63, 3.8) is 0 Å². The number of rotatable bonds is 6. The highest BCUT2D eigenvalue weighted by Crippen LogP contribution is 2.21. The van der Waals surface area contributed by atoms with E-state index >= 15 is 0 Å². The van der Waals surface area contributed by atoms with Gasteiger partial charge in [-0.2, -0.15) is 4.98 Å². The quantitative estimate of drug-likeness (QED) is 0.840. The van der Waals surface area contributed by atoms with Crippen molar-refractivity contribution in [3.05, 3.63) is 10.7 Å². The topological polar surface area (TPSA) is 59.1 Å². The number of halogens is 1. The standard InChI is InChI=1S/C10H17BrN4O/c1-4-7(6-16-3)14-9-8(11)5-13-10(12-2)15-9/h5,7H,4,6H2,1-3H3,(H2,12,13,14,15). The van der Waals surface area contributed by atoms with E-state index in [0.29, 0.717) is 12.6 Å². The average molecular weight is 289 g/mol. The van der Waals surface area contributed by atoms with Gasteiger partial charge in [0.1, 0.15) is 5.82 Å². The molecule has 0 spiro atoms. The molecule has 1 unspecified atom stereocenters. The largest absolute Gasteiger partial charge is 0.383 e. The molecule has 0 bridgehead atoms. The number of ether oxygens (including phenoxy) is 1. The van der Waals surface area contributed by atoms with E-state index < -0.39 is 0 Å². The summed E-state index contributed by atoms with van der Waals surface area (Å²) in [5.74, 6) is 1.38. The summed E-state index contributed by atoms with van der Waals surface area (Å²) in [5, 5.41) is 6.21. The van der Waals surface area contributed by atoms with Gasteiger partial charge in [-0.1, -0.05) is 6.92 Å². The molecule has 1 heterocycles. The van der Waals surface area contributed by atoms with Gasteiger partial charge in [0.05, 0.1) is 17.1 Å². The molecule has 1 aromatic rings. The molecule has 1 rings (SSSR count). The average Bonchev–Trinajstić information content (AvgIpc) is 2.31. The Hall–Kier alpha value is -0.880. The third-order valence-electron chi connectivity index (χ3n) is 2.17. The van der Waals surface area contributed by atoms with Crippen LogP contribution in [0, 0.1) is 0 Å². The third kappa shape index (κ3) is 3.61. The smallest absolute Gasteiger partial charge is 0.224 e. The lowest BCUT2D eigenvalue weighted by molar-refractivity contribution is 0.184. The Balaban J connectivity index is 2.77. The number of nitrogens with one attached hydrogen (secondary N) is 2. The summed E-state index contributed by atoms with van der Waals surface area (Å²) < 4.78 is 5.97. The minimum Gasteiger partial charge on any atom is -0.383 e. The van der Waals surface area contributed by atoms with Gasteiger partial charge in [0.15, 0.2) is 0 Å². The van der Waals surface area contributed by atoms with Crippen molar-refractivity contribution in [3.8, 4) is 0 Å². The first-order valence-electron chi connectivity index (χ1n) is 5.17. The maximum atomic E-state index is 5.13. The first kappa shape index (κ1) is 13.2. The van der Waals surface area contributed by atoms with E-state index in [9.17, 15) is 0 Å². The van der Waals surface area contributed by atoms with Crippen LogP contribution >= 0.6 is 15.9 Å². The Morgan fingerprint density at radius 2 is 2.31 bits per heavy atom. The number of hydrogen-bond acceptors (Lipinski definition) is 5. The normalized spacial score (nSPS) is 12.2. The van der Waals surface area contributed by atoms with Crippen LogP contribution in [0.15, 0.2) is 10.7 Å². The Bertz CT molecular complexity index is 335. The summed E-state index contributed by atoms with van der Waals surface area (Å²) in [5.41, 5.74) is 0. The molecule has 90 valence electrons. The van der Waals surface area contributed by atoms with E-state index in [0.717, 1.165) is 16.7 Å². The van der Waals surface area contributed by atoms with E-state index in [1.54, 1.807) is 20.4 Å². The highest BCUT2D eigenvalue weighted by Gasteiger charge is 2.10. The molecule has 1 aromatic heterocycles. The summed E-state index contributed by atoms with van der Waals surface area (Å²) >= 11 is 3.41. The van der Waals surface area contributed by atoms with Crippen LogP contribution in [0.5, 0.6) is 0 Å². The molecule has 6 heteroatoms. The predicted octanol–water partition coefficient (Wildman–Crippen LogP) is 2.12. The second-order valence-electron chi connectivity index (χ2n) is 3.35. The molecule has 0 aliphatic heterocycles. The summed E-state index contributed by atoms with van der Waals surface area (Å²) in [7, 11) is 3.48. The highest BCUT2D eigenvalue weighted by atomic mass is 79.9. The van der Waals surface area contributed by atoms with Crippen LogP contribution in [-0.2, 0) is 4.74 Å². The molecule has 0 amide bonds. The molecular formula is C10H17BrN4O. The Kier molecular flexibility index (Phi) is 5.48. The Labute approximate surface area is 104 Å². The van der Waals surface area contributed by atoms with Gasteiger partial charge in [0.25, 0.3) is 0 Å². The summed E-state index contributed by atoms with van der Waals surface area (Å²) in [6.07, 6.45) is 2.69. The second-order valence-corrected chi connectivity index (χ2v) is 4.20. The minimum atomic E-state index is 0.251. The van der Waals surface area contributed by atoms with Gasteiger partial charge in [-0.3, -0.25) is 0 Å². The van der Waals surface area contributed by atoms with Gasteiger partial charge in [-0.25, -0.2) is 4.98 Å². The number of aromatic nitrogens is 2. The van der Waals surface area contributed by atoms with Crippen molar-refractivity contribution in [2.24, 2.45) is 0 Å². The van der Waals surface area contributed by atoms with Crippen molar-refractivity contribution < 1.29 is 4.74 Å². The van der Waals surface area contributed by atoms with Crippen molar-refractivity contribution in [1.29, 1.82) is 0 Å². The van der Waals surface area contributed by atoms with E-state index in [1.807, 2.05) is 0 Å². The van der Waals surface area contributed by atoms with Crippen molar-refractivity contribution in [1.82, 2.24) is 9.97 Å². The Morgan fingerprint density at radius 1 is 1.56 bits per heavy atom. The zero-order chi connectivity index (χ0) is 12.0. The monoisotopic (exact) mass is 288 g/mol. The molecule has 5 nitrogen and oxygen atoms in total. The lowest BCUT2D eigenvalue weighted by Crippen LogP contribution is -2.24. The third-order valence-corrected chi connectivity index (χ3v) is 2.75. The molecule has 0 aliphatic rings. The highest BCUT2D eigenvalue weighted by molar-refractivity contribution is 9.10. The fraction of sp³-hybridized carbons (Fsp3) is 0.600. The van der Waals surface area contributed by atoms with Gasteiger partial charge in [0, 0.05) is 20.4 Å². The summed E-state index contributed by atoms with van der Waals surface area (Å²) in [6, 6.07) is 0.251. The molecule has 0 aliphatic carbocycles. The SMILES string of the molecule is CCC(COC)Nc1nc(NC)ncc1Br. The number of methoxy groups -OCH3 is 1. The van der Waals surface area contributed by atoms with Gasteiger partial charge in [-0.15, -0.1) is 0 Å². The molecule has 1 atom stereocenters. The summed E-state index contributed by atoms with van der Waals surface area (Å²) in [6.45, 7) is 2.76. The fourth-order valence-corrected chi connectivity index (χ4v) is 1.55. The lowest BCUT2D eigenvalue weighted by atomic mass is 10.2. The second kappa shape index (κ2) is 6.65. The van der Waals surface area contributed by atoms with E-state index in [1.165, 1.54) is 0 Å². The number of hydrogen-bond donors (Lipinski definition) is 2. The van der Waals surface area contributed by atoms with Crippen molar-refractivity contribution in [2.45, 2.75) is 19.4 Å². The van der Waals surface area contributed by atoms with Crippen LogP contribution in [0.1, 0.15) is 13.3 Å². The van der Waals surface area contributed by atoms with Gasteiger partial charge in [-0.05, 0) is 22.4 Å². The molecule has 0 aromatic carbocycles. The first-order valence-corrected chi connectivity index (χ1v) is 5.96. The predicted molar refractivity (Wildman–Crippen MR) is 68.9 cm³/mol. The molecule has 16 heavy (non-hydrogen) atoms. The van der Waals surface area contributed by atoms with Crippen LogP contribution in [0.4, 0.5) is 11.8 Å². The zero-order valence-electron chi connectivity index (χ0n) is 9.75. The van der Waals surface area contributed by atoms with E-state index in [-0.39, 0.29) is 6.04 Å². The van der Waals surface area contributed by atoms with Crippen molar-refractivity contribution >= 4 is 27.7 Å². The van der Waals surface area contributed by atoms with Crippen molar-refractivity contribution in [2.75, 3.05) is 31.4 Å². The van der Waals surface area contributed by atoms with Crippen LogP contribution in [0.2, 0.25) is 0 Å².